The first-order valence-electron chi connectivity index (χ1n) is 9.93. The zero-order chi connectivity index (χ0) is 18.8. The largest absolute Gasteiger partial charge is 0.333 e. The molecule has 1 aliphatic heterocycles. The first-order valence-corrected chi connectivity index (χ1v) is 9.93. The van der Waals surface area contributed by atoms with E-state index >= 15 is 0 Å². The summed E-state index contributed by atoms with van der Waals surface area (Å²) >= 11 is 0. The van der Waals surface area contributed by atoms with Crippen LogP contribution >= 0.6 is 0 Å². The van der Waals surface area contributed by atoms with Crippen LogP contribution < -0.4 is 0 Å². The maximum absolute atomic E-state index is 2.54. The van der Waals surface area contributed by atoms with Gasteiger partial charge in [-0.05, 0) is 33.1 Å². The Morgan fingerprint density at radius 3 is 2.32 bits per heavy atom. The van der Waals surface area contributed by atoms with E-state index < -0.39 is 0 Å². The van der Waals surface area contributed by atoms with Gasteiger partial charge in [0.2, 0.25) is 11.7 Å². The van der Waals surface area contributed by atoms with Gasteiger partial charge in [-0.1, -0.05) is 51.1 Å². The SMILES string of the molecule is CCC=CC(C)C(C)C[N+]1(C)C=[N+](c2c(C)cccc2C)C(C)C1C. The second-order valence-corrected chi connectivity index (χ2v) is 8.45. The first-order chi connectivity index (χ1) is 11.7. The van der Waals surface area contributed by atoms with Crippen molar-refractivity contribution in [3.8, 4) is 0 Å². The van der Waals surface area contributed by atoms with Crippen molar-refractivity contribution >= 4 is 12.0 Å². The minimum atomic E-state index is 0.512. The summed E-state index contributed by atoms with van der Waals surface area (Å²) < 4.78 is 3.55. The summed E-state index contributed by atoms with van der Waals surface area (Å²) in [6.45, 7) is 17.4. The molecule has 0 saturated heterocycles. The molecule has 1 aromatic carbocycles. The number of hydrogen-bond donors (Lipinski definition) is 0. The lowest BCUT2D eigenvalue weighted by Crippen LogP contribution is -2.52. The van der Waals surface area contributed by atoms with Crippen LogP contribution in [0.2, 0.25) is 0 Å². The maximum Gasteiger partial charge on any atom is 0.333 e. The Kier molecular flexibility index (Phi) is 6.26. The van der Waals surface area contributed by atoms with Crippen molar-refractivity contribution in [1.29, 1.82) is 0 Å². The fourth-order valence-electron chi connectivity index (χ4n) is 4.23. The van der Waals surface area contributed by atoms with Gasteiger partial charge in [0.15, 0.2) is 6.04 Å². The molecule has 1 aromatic rings. The molecule has 0 fully saturated rings. The molecule has 0 amide bonds. The molecule has 0 saturated carbocycles. The average Bonchev–Trinajstić information content (AvgIpc) is 2.77. The third-order valence-electron chi connectivity index (χ3n) is 6.41. The zero-order valence-corrected chi connectivity index (χ0v) is 17.6. The molecule has 0 aromatic heterocycles. The second-order valence-electron chi connectivity index (χ2n) is 8.45. The Labute approximate surface area is 155 Å². The number of para-hydroxylation sites is 1. The lowest BCUT2D eigenvalue weighted by atomic mass is 9.93. The summed E-state index contributed by atoms with van der Waals surface area (Å²) in [5.41, 5.74) is 4.14. The molecule has 0 bridgehead atoms. The third-order valence-corrected chi connectivity index (χ3v) is 6.41. The Balaban J connectivity index is 2.32. The molecule has 0 spiro atoms. The predicted octanol–water partition coefficient (Wildman–Crippen LogP) is 5.45. The Hall–Kier alpha value is -1.41. The van der Waals surface area contributed by atoms with Gasteiger partial charge in [0.05, 0.1) is 13.6 Å². The van der Waals surface area contributed by atoms with Crippen LogP contribution in [0, 0.1) is 25.7 Å². The molecule has 5 atom stereocenters. The van der Waals surface area contributed by atoms with Crippen molar-refractivity contribution in [3.63, 3.8) is 0 Å². The summed E-state index contributed by atoms with van der Waals surface area (Å²) in [5.74, 6) is 1.29. The van der Waals surface area contributed by atoms with Gasteiger partial charge in [-0.15, -0.1) is 4.58 Å². The lowest BCUT2D eigenvalue weighted by molar-refractivity contribution is -0.838. The van der Waals surface area contributed by atoms with Crippen molar-refractivity contribution in [3.05, 3.63) is 41.5 Å². The van der Waals surface area contributed by atoms with Crippen LogP contribution in [-0.2, 0) is 0 Å². The molecule has 2 nitrogen and oxygen atoms in total. The van der Waals surface area contributed by atoms with E-state index in [4.69, 9.17) is 0 Å². The summed E-state index contributed by atoms with van der Waals surface area (Å²) in [5, 5.41) is 0. The van der Waals surface area contributed by atoms with Crippen LogP contribution in [0.15, 0.2) is 30.4 Å². The number of rotatable bonds is 6. The van der Waals surface area contributed by atoms with Gasteiger partial charge in [-0.2, -0.15) is 0 Å². The minimum absolute atomic E-state index is 0.512. The monoisotopic (exact) mass is 342 g/mol. The summed E-state index contributed by atoms with van der Waals surface area (Å²) in [6, 6.07) is 7.73. The Morgan fingerprint density at radius 1 is 1.16 bits per heavy atom. The summed E-state index contributed by atoms with van der Waals surface area (Å²) in [6.07, 6.45) is 8.31. The average molecular weight is 343 g/mol. The van der Waals surface area contributed by atoms with Crippen molar-refractivity contribution in [2.24, 2.45) is 11.8 Å². The van der Waals surface area contributed by atoms with Crippen LogP contribution in [0.5, 0.6) is 0 Å². The smallest absolute Gasteiger partial charge is 0.237 e. The van der Waals surface area contributed by atoms with E-state index in [1.807, 2.05) is 0 Å². The van der Waals surface area contributed by atoms with Crippen LogP contribution in [0.4, 0.5) is 5.69 Å². The molecule has 0 aliphatic carbocycles. The van der Waals surface area contributed by atoms with Crippen molar-refractivity contribution < 1.29 is 9.06 Å². The molecule has 2 rings (SSSR count). The molecule has 2 heteroatoms. The van der Waals surface area contributed by atoms with E-state index in [0.717, 1.165) is 10.9 Å². The van der Waals surface area contributed by atoms with Crippen molar-refractivity contribution in [1.82, 2.24) is 0 Å². The first kappa shape index (κ1) is 19.9. The van der Waals surface area contributed by atoms with E-state index in [9.17, 15) is 0 Å². The topological polar surface area (TPSA) is 3.01 Å². The molecule has 138 valence electrons. The molecule has 1 aliphatic rings. The summed E-state index contributed by atoms with van der Waals surface area (Å²) in [7, 11) is 2.40. The van der Waals surface area contributed by atoms with Gasteiger partial charge in [-0.25, -0.2) is 4.48 Å². The van der Waals surface area contributed by atoms with E-state index in [2.05, 4.69) is 96.8 Å². The van der Waals surface area contributed by atoms with E-state index in [-0.39, 0.29) is 0 Å². The second kappa shape index (κ2) is 7.86. The number of hydrogen-bond acceptors (Lipinski definition) is 0. The highest BCUT2D eigenvalue weighted by atomic mass is 15.4. The van der Waals surface area contributed by atoms with Gasteiger partial charge in [0, 0.05) is 24.0 Å². The third kappa shape index (κ3) is 4.06. The summed E-state index contributed by atoms with van der Waals surface area (Å²) in [4.78, 5) is 0. The van der Waals surface area contributed by atoms with Gasteiger partial charge >= 0.3 is 6.34 Å². The number of allylic oxidation sites excluding steroid dienone is 2. The Bertz CT molecular complexity index is 638. The number of benzene rings is 1. The highest BCUT2D eigenvalue weighted by molar-refractivity contribution is 5.53. The van der Waals surface area contributed by atoms with Crippen LogP contribution in [0.1, 0.15) is 52.2 Å². The highest BCUT2D eigenvalue weighted by Gasteiger charge is 2.49. The molecule has 1 heterocycles. The molecule has 0 N–H and O–H groups in total. The number of nitrogens with zero attached hydrogens (tertiary/aromatic N) is 2. The maximum atomic E-state index is 2.54. The molecule has 25 heavy (non-hydrogen) atoms. The van der Waals surface area contributed by atoms with Crippen LogP contribution in [0.25, 0.3) is 0 Å². The zero-order valence-electron chi connectivity index (χ0n) is 17.6. The molecular formula is C23H38N2+2. The normalized spacial score (nSPS) is 29.0. The van der Waals surface area contributed by atoms with Crippen LogP contribution in [0.3, 0.4) is 0 Å². The van der Waals surface area contributed by atoms with Gasteiger partial charge < -0.3 is 0 Å². The minimum Gasteiger partial charge on any atom is -0.237 e. The van der Waals surface area contributed by atoms with E-state index in [1.165, 1.54) is 23.4 Å². The van der Waals surface area contributed by atoms with Gasteiger partial charge in [0.1, 0.15) is 0 Å². The standard InChI is InChI=1S/C23H38N2/c1-9-10-12-17(2)20(5)15-25(8)16-24(21(6)22(25)7)23-18(3)13-11-14-19(23)4/h10-14,16-17,20-22H,9,15H2,1-8H3/q+2. The van der Waals surface area contributed by atoms with Crippen molar-refractivity contribution in [2.75, 3.05) is 13.6 Å². The highest BCUT2D eigenvalue weighted by Crippen LogP contribution is 2.32. The molecule has 5 unspecified atom stereocenters. The van der Waals surface area contributed by atoms with E-state index in [0.29, 0.717) is 23.9 Å². The molecule has 0 radical (unpaired) electrons. The van der Waals surface area contributed by atoms with E-state index in [1.54, 1.807) is 0 Å². The van der Waals surface area contributed by atoms with Crippen molar-refractivity contribution in [2.45, 2.75) is 67.0 Å². The Morgan fingerprint density at radius 2 is 1.76 bits per heavy atom. The lowest BCUT2D eigenvalue weighted by Gasteiger charge is -2.32. The number of aryl methyl sites for hydroxylation is 2. The fraction of sp³-hybridized carbons (Fsp3) is 0.609. The number of likely N-dealkylation sites (N-methyl/N-ethyl adjacent to an activating group) is 1. The fourth-order valence-corrected chi connectivity index (χ4v) is 4.23. The van der Waals surface area contributed by atoms with Gasteiger partial charge in [-0.3, -0.25) is 0 Å². The molecular weight excluding hydrogens is 304 g/mol. The predicted molar refractivity (Wildman–Crippen MR) is 110 cm³/mol. The quantitative estimate of drug-likeness (QED) is 0.367. The van der Waals surface area contributed by atoms with Crippen LogP contribution in [-0.4, -0.2) is 41.1 Å². The number of quaternary nitrogens is 1. The van der Waals surface area contributed by atoms with Gasteiger partial charge in [0.25, 0.3) is 0 Å².